The number of carboxylic acids is 1. The van der Waals surface area contributed by atoms with Crippen LogP contribution in [0.2, 0.25) is 0 Å². The Hall–Kier alpha value is -1.35. The molecule has 2 N–H and O–H groups in total. The van der Waals surface area contributed by atoms with E-state index >= 15 is 0 Å². The highest BCUT2D eigenvalue weighted by molar-refractivity contribution is 5.87. The van der Waals surface area contributed by atoms with E-state index in [0.29, 0.717) is 5.56 Å². The molecule has 0 aromatic heterocycles. The van der Waals surface area contributed by atoms with Crippen LogP contribution in [0.1, 0.15) is 60.9 Å². The van der Waals surface area contributed by atoms with E-state index in [2.05, 4.69) is 6.92 Å². The number of carbonyl (C=O) groups is 1. The Labute approximate surface area is 108 Å². The summed E-state index contributed by atoms with van der Waals surface area (Å²) in [6.07, 6.45) is 5.70. The number of hydrogen-bond acceptors (Lipinski definition) is 2. The fraction of sp³-hybridized carbons (Fsp3) is 0.533. The molecule has 3 heteroatoms. The lowest BCUT2D eigenvalue weighted by Gasteiger charge is -2.14. The fourth-order valence-electron chi connectivity index (χ4n) is 2.08. The fourth-order valence-corrected chi connectivity index (χ4v) is 2.08. The third kappa shape index (κ3) is 4.49. The van der Waals surface area contributed by atoms with E-state index in [0.717, 1.165) is 18.4 Å². The summed E-state index contributed by atoms with van der Waals surface area (Å²) in [4.78, 5) is 10.7. The van der Waals surface area contributed by atoms with Crippen molar-refractivity contribution in [3.05, 3.63) is 35.4 Å². The van der Waals surface area contributed by atoms with Crippen molar-refractivity contribution in [3.63, 3.8) is 0 Å². The molecule has 100 valence electrons. The lowest BCUT2D eigenvalue weighted by atomic mass is 9.93. The van der Waals surface area contributed by atoms with Crippen molar-refractivity contribution < 1.29 is 15.0 Å². The number of rotatable bonds is 8. The van der Waals surface area contributed by atoms with Gasteiger partial charge in [0, 0.05) is 12.5 Å². The first-order valence-electron chi connectivity index (χ1n) is 6.63. The maximum Gasteiger partial charge on any atom is 0.335 e. The van der Waals surface area contributed by atoms with E-state index < -0.39 is 5.97 Å². The van der Waals surface area contributed by atoms with Gasteiger partial charge in [-0.3, -0.25) is 0 Å². The molecule has 0 fully saturated rings. The van der Waals surface area contributed by atoms with Crippen LogP contribution < -0.4 is 0 Å². The van der Waals surface area contributed by atoms with Gasteiger partial charge >= 0.3 is 5.97 Å². The van der Waals surface area contributed by atoms with Gasteiger partial charge in [0.15, 0.2) is 0 Å². The first-order chi connectivity index (χ1) is 8.69. The molecule has 0 aliphatic carbocycles. The van der Waals surface area contributed by atoms with Crippen molar-refractivity contribution in [3.8, 4) is 0 Å². The van der Waals surface area contributed by atoms with Gasteiger partial charge in [-0.1, -0.05) is 44.7 Å². The van der Waals surface area contributed by atoms with E-state index in [1.807, 2.05) is 12.1 Å². The summed E-state index contributed by atoms with van der Waals surface area (Å²) in [5, 5.41) is 18.2. The van der Waals surface area contributed by atoms with E-state index in [-0.39, 0.29) is 12.5 Å². The lowest BCUT2D eigenvalue weighted by molar-refractivity contribution is 0.0697. The molecule has 0 spiro atoms. The average Bonchev–Trinajstić information content (AvgIpc) is 2.39. The minimum absolute atomic E-state index is 0.124. The third-order valence-electron chi connectivity index (χ3n) is 3.26. The minimum atomic E-state index is -0.912. The molecular weight excluding hydrogens is 228 g/mol. The summed E-state index contributed by atoms with van der Waals surface area (Å²) in [7, 11) is 0. The van der Waals surface area contributed by atoms with Crippen LogP contribution in [0.25, 0.3) is 0 Å². The van der Waals surface area contributed by atoms with Gasteiger partial charge in [0.05, 0.1) is 5.56 Å². The lowest BCUT2D eigenvalue weighted by Crippen LogP contribution is -2.05. The van der Waals surface area contributed by atoms with Crippen molar-refractivity contribution in [2.45, 2.75) is 44.9 Å². The molecule has 0 bridgehead atoms. The molecule has 18 heavy (non-hydrogen) atoms. The zero-order chi connectivity index (χ0) is 13.4. The van der Waals surface area contributed by atoms with Crippen LogP contribution in [-0.2, 0) is 0 Å². The van der Waals surface area contributed by atoms with Crippen molar-refractivity contribution >= 4 is 5.97 Å². The molecule has 0 aliphatic heterocycles. The van der Waals surface area contributed by atoms with Gasteiger partial charge in [-0.2, -0.15) is 0 Å². The van der Waals surface area contributed by atoms with Crippen molar-refractivity contribution in [2.24, 2.45) is 0 Å². The van der Waals surface area contributed by atoms with E-state index in [4.69, 9.17) is 5.11 Å². The first kappa shape index (κ1) is 14.7. The van der Waals surface area contributed by atoms with Gasteiger partial charge in [-0.05, 0) is 24.1 Å². The summed E-state index contributed by atoms with van der Waals surface area (Å²) >= 11 is 0. The van der Waals surface area contributed by atoms with Crippen molar-refractivity contribution in [1.82, 2.24) is 0 Å². The molecule has 1 unspecified atom stereocenters. The number of aromatic carboxylic acids is 1. The van der Waals surface area contributed by atoms with Crippen LogP contribution in [0.3, 0.4) is 0 Å². The van der Waals surface area contributed by atoms with E-state index in [9.17, 15) is 9.90 Å². The number of aliphatic hydroxyl groups is 1. The van der Waals surface area contributed by atoms with Gasteiger partial charge in [-0.25, -0.2) is 4.79 Å². The normalized spacial score (nSPS) is 12.3. The largest absolute Gasteiger partial charge is 0.478 e. The Kier molecular flexibility index (Phi) is 6.44. The number of hydrogen-bond donors (Lipinski definition) is 2. The zero-order valence-electron chi connectivity index (χ0n) is 10.9. The highest BCUT2D eigenvalue weighted by Crippen LogP contribution is 2.22. The minimum Gasteiger partial charge on any atom is -0.478 e. The highest BCUT2D eigenvalue weighted by Gasteiger charge is 2.11. The second-order valence-electron chi connectivity index (χ2n) is 4.66. The molecular formula is C15H22O3. The third-order valence-corrected chi connectivity index (χ3v) is 3.26. The molecule has 3 nitrogen and oxygen atoms in total. The Morgan fingerprint density at radius 3 is 2.33 bits per heavy atom. The van der Waals surface area contributed by atoms with Gasteiger partial charge in [0.25, 0.3) is 0 Å². The Bertz CT molecular complexity index is 357. The second-order valence-corrected chi connectivity index (χ2v) is 4.66. The molecule has 1 aromatic rings. The van der Waals surface area contributed by atoms with Crippen molar-refractivity contribution in [1.29, 1.82) is 0 Å². The molecule has 0 saturated heterocycles. The average molecular weight is 250 g/mol. The Morgan fingerprint density at radius 1 is 1.17 bits per heavy atom. The SMILES string of the molecule is CCCCCCC(CO)c1ccc(C(=O)O)cc1. The topological polar surface area (TPSA) is 57.5 Å². The molecule has 1 rings (SSSR count). The summed E-state index contributed by atoms with van der Waals surface area (Å²) in [5.74, 6) is -0.783. The molecule has 0 aliphatic rings. The quantitative estimate of drug-likeness (QED) is 0.695. The molecule has 0 amide bonds. The summed E-state index contributed by atoms with van der Waals surface area (Å²) in [6.45, 7) is 2.30. The molecule has 0 heterocycles. The predicted octanol–water partition coefficient (Wildman–Crippen LogP) is 3.43. The Morgan fingerprint density at radius 2 is 1.83 bits per heavy atom. The van der Waals surface area contributed by atoms with Crippen LogP contribution in [0.4, 0.5) is 0 Å². The summed E-state index contributed by atoms with van der Waals surface area (Å²) in [5.41, 5.74) is 1.32. The monoisotopic (exact) mass is 250 g/mol. The predicted molar refractivity (Wildman–Crippen MR) is 72.0 cm³/mol. The Balaban J connectivity index is 2.56. The number of aliphatic hydroxyl groups excluding tert-OH is 1. The van der Waals surface area contributed by atoms with Gasteiger partial charge in [-0.15, -0.1) is 0 Å². The van der Waals surface area contributed by atoms with Gasteiger partial charge in [0.1, 0.15) is 0 Å². The van der Waals surface area contributed by atoms with Crippen molar-refractivity contribution in [2.75, 3.05) is 6.61 Å². The highest BCUT2D eigenvalue weighted by atomic mass is 16.4. The van der Waals surface area contributed by atoms with Crippen LogP contribution in [0, 0.1) is 0 Å². The molecule has 1 aromatic carbocycles. The first-order valence-corrected chi connectivity index (χ1v) is 6.63. The maximum absolute atomic E-state index is 10.7. The van der Waals surface area contributed by atoms with E-state index in [1.54, 1.807) is 12.1 Å². The number of carboxylic acid groups (broad SMARTS) is 1. The summed E-state index contributed by atoms with van der Waals surface area (Å²) in [6, 6.07) is 6.83. The molecule has 0 radical (unpaired) electrons. The van der Waals surface area contributed by atoms with Crippen LogP contribution in [-0.4, -0.2) is 22.8 Å². The number of benzene rings is 1. The standard InChI is InChI=1S/C15H22O3/c1-2-3-4-5-6-14(11-16)12-7-9-13(10-8-12)15(17)18/h7-10,14,16H,2-6,11H2,1H3,(H,17,18). The second kappa shape index (κ2) is 7.88. The van der Waals surface area contributed by atoms with Crippen LogP contribution >= 0.6 is 0 Å². The van der Waals surface area contributed by atoms with Gasteiger partial charge in [0.2, 0.25) is 0 Å². The molecule has 1 atom stereocenters. The smallest absolute Gasteiger partial charge is 0.335 e. The van der Waals surface area contributed by atoms with E-state index in [1.165, 1.54) is 19.3 Å². The van der Waals surface area contributed by atoms with Crippen LogP contribution in [0.5, 0.6) is 0 Å². The number of unbranched alkanes of at least 4 members (excludes halogenated alkanes) is 3. The molecule has 0 saturated carbocycles. The summed E-state index contributed by atoms with van der Waals surface area (Å²) < 4.78 is 0. The van der Waals surface area contributed by atoms with Gasteiger partial charge < -0.3 is 10.2 Å². The maximum atomic E-state index is 10.7. The zero-order valence-corrected chi connectivity index (χ0v) is 10.9. The van der Waals surface area contributed by atoms with Crippen LogP contribution in [0.15, 0.2) is 24.3 Å².